The Labute approximate surface area is 155 Å². The third-order valence-corrected chi connectivity index (χ3v) is 5.21. The quantitative estimate of drug-likeness (QED) is 0.655. The second-order valence-corrected chi connectivity index (χ2v) is 8.12. The van der Waals surface area contributed by atoms with Gasteiger partial charge in [-0.25, -0.2) is 4.79 Å². The maximum absolute atomic E-state index is 11.7. The van der Waals surface area contributed by atoms with Gasteiger partial charge in [-0.2, -0.15) is 0 Å². The summed E-state index contributed by atoms with van der Waals surface area (Å²) in [6, 6.07) is 2.62. The number of carboxylic acid groups (broad SMARTS) is 1. The van der Waals surface area contributed by atoms with Crippen molar-refractivity contribution in [2.75, 3.05) is 0 Å². The van der Waals surface area contributed by atoms with E-state index in [-0.39, 0.29) is 18.4 Å². The predicted molar refractivity (Wildman–Crippen MR) is 100 cm³/mol. The summed E-state index contributed by atoms with van der Waals surface area (Å²) in [6.07, 6.45) is 6.41. The smallest absolute Gasteiger partial charge is 0.337 e. The lowest BCUT2D eigenvalue weighted by molar-refractivity contribution is -0.161. The first kappa shape index (κ1) is 20.6. The Bertz CT molecular complexity index is 599. The highest BCUT2D eigenvalue weighted by atomic mass is 16.5. The molecule has 1 aliphatic carbocycles. The van der Waals surface area contributed by atoms with Crippen molar-refractivity contribution in [3.63, 3.8) is 0 Å². The molecule has 0 amide bonds. The lowest BCUT2D eigenvalue weighted by Crippen LogP contribution is -2.56. The van der Waals surface area contributed by atoms with Crippen molar-refractivity contribution in [1.29, 1.82) is 0 Å². The molecule has 0 bridgehead atoms. The van der Waals surface area contributed by atoms with Gasteiger partial charge in [0.15, 0.2) is 5.60 Å². The van der Waals surface area contributed by atoms with Gasteiger partial charge in [-0.3, -0.25) is 4.98 Å². The van der Waals surface area contributed by atoms with Crippen LogP contribution in [0.5, 0.6) is 5.75 Å². The molecule has 1 aliphatic rings. The van der Waals surface area contributed by atoms with E-state index in [1.54, 1.807) is 18.3 Å². The van der Waals surface area contributed by atoms with Gasteiger partial charge in [-0.05, 0) is 50.0 Å². The van der Waals surface area contributed by atoms with Crippen LogP contribution in [0, 0.1) is 11.8 Å². The SMILES string of the molecule is CC(C)C[C@@H](N)[C@](O)(Cc1cc(O[C@H]2CC[C@H](C)CC2)ccn1)C(=O)O. The molecule has 0 radical (unpaired) electrons. The zero-order valence-corrected chi connectivity index (χ0v) is 16.0. The Morgan fingerprint density at radius 1 is 1.38 bits per heavy atom. The average Bonchev–Trinajstić information content (AvgIpc) is 2.56. The van der Waals surface area contributed by atoms with Gasteiger partial charge in [0.05, 0.1) is 6.10 Å². The first-order valence-corrected chi connectivity index (χ1v) is 9.53. The number of aliphatic carboxylic acids is 1. The molecule has 0 saturated heterocycles. The summed E-state index contributed by atoms with van der Waals surface area (Å²) in [6.45, 7) is 6.15. The molecule has 0 spiro atoms. The molecule has 6 heteroatoms. The average molecular weight is 364 g/mol. The van der Waals surface area contributed by atoms with Gasteiger partial charge in [0.2, 0.25) is 0 Å². The van der Waals surface area contributed by atoms with Gasteiger partial charge in [-0.15, -0.1) is 0 Å². The molecular weight excluding hydrogens is 332 g/mol. The first-order valence-electron chi connectivity index (χ1n) is 9.53. The van der Waals surface area contributed by atoms with Gasteiger partial charge in [0.25, 0.3) is 0 Å². The minimum atomic E-state index is -2.05. The molecule has 1 fully saturated rings. The summed E-state index contributed by atoms with van der Waals surface area (Å²) in [5.74, 6) is 0.280. The second-order valence-electron chi connectivity index (χ2n) is 8.12. The predicted octanol–water partition coefficient (Wildman–Crippen LogP) is 2.77. The highest BCUT2D eigenvalue weighted by molar-refractivity contribution is 5.78. The fraction of sp³-hybridized carbons (Fsp3) is 0.700. The number of hydrogen-bond donors (Lipinski definition) is 3. The van der Waals surface area contributed by atoms with Crippen LogP contribution in [0.4, 0.5) is 0 Å². The van der Waals surface area contributed by atoms with Crippen molar-refractivity contribution in [3.05, 3.63) is 24.0 Å². The van der Waals surface area contributed by atoms with Gasteiger partial charge >= 0.3 is 5.97 Å². The van der Waals surface area contributed by atoms with Crippen LogP contribution in [0.25, 0.3) is 0 Å². The monoisotopic (exact) mass is 364 g/mol. The van der Waals surface area contributed by atoms with E-state index in [1.165, 1.54) is 0 Å². The molecule has 4 N–H and O–H groups in total. The number of rotatable bonds is 8. The number of carboxylic acids is 1. The molecule has 1 aromatic heterocycles. The Morgan fingerprint density at radius 2 is 2.04 bits per heavy atom. The van der Waals surface area contributed by atoms with E-state index < -0.39 is 17.6 Å². The first-order chi connectivity index (χ1) is 12.2. The summed E-state index contributed by atoms with van der Waals surface area (Å²) in [4.78, 5) is 15.9. The van der Waals surface area contributed by atoms with Crippen molar-refractivity contribution >= 4 is 5.97 Å². The van der Waals surface area contributed by atoms with E-state index in [2.05, 4.69) is 11.9 Å². The van der Waals surface area contributed by atoms with Crippen molar-refractivity contribution < 1.29 is 19.7 Å². The number of pyridine rings is 1. The molecule has 146 valence electrons. The number of aromatic nitrogens is 1. The van der Waals surface area contributed by atoms with Gasteiger partial charge in [0, 0.05) is 30.4 Å². The number of carbonyl (C=O) groups is 1. The maximum Gasteiger partial charge on any atom is 0.337 e. The summed E-state index contributed by atoms with van der Waals surface area (Å²) in [5, 5.41) is 20.2. The third kappa shape index (κ3) is 5.42. The topological polar surface area (TPSA) is 106 Å². The fourth-order valence-corrected chi connectivity index (χ4v) is 3.51. The van der Waals surface area contributed by atoms with E-state index in [1.807, 2.05) is 13.8 Å². The second kappa shape index (κ2) is 8.82. The molecule has 2 rings (SSSR count). The minimum absolute atomic E-state index is 0.144. The molecule has 2 atom stereocenters. The zero-order chi connectivity index (χ0) is 19.3. The van der Waals surface area contributed by atoms with Crippen LogP contribution in [0.3, 0.4) is 0 Å². The normalized spacial score (nSPS) is 24.1. The van der Waals surface area contributed by atoms with E-state index >= 15 is 0 Å². The Morgan fingerprint density at radius 3 is 2.62 bits per heavy atom. The maximum atomic E-state index is 11.7. The molecule has 26 heavy (non-hydrogen) atoms. The van der Waals surface area contributed by atoms with Gasteiger partial charge < -0.3 is 20.7 Å². The van der Waals surface area contributed by atoms with Crippen LogP contribution < -0.4 is 10.5 Å². The highest BCUT2D eigenvalue weighted by Gasteiger charge is 2.43. The van der Waals surface area contributed by atoms with Crippen molar-refractivity contribution in [3.8, 4) is 5.75 Å². The standard InChI is InChI=1S/C20H32N2O4/c1-13(2)10-18(21)20(25,19(23)24)12-15-11-17(8-9-22-15)26-16-6-4-14(3)5-7-16/h8-9,11,13-14,16,18,25H,4-7,10,12,21H2,1-3H3,(H,23,24)/t14-,16-,18-,20-/m1/s1. The highest BCUT2D eigenvalue weighted by Crippen LogP contribution is 2.28. The van der Waals surface area contributed by atoms with E-state index in [9.17, 15) is 15.0 Å². The summed E-state index contributed by atoms with van der Waals surface area (Å²) >= 11 is 0. The van der Waals surface area contributed by atoms with Crippen LogP contribution in [0.1, 0.15) is 58.6 Å². The molecule has 0 aromatic carbocycles. The van der Waals surface area contributed by atoms with Crippen LogP contribution in [0.2, 0.25) is 0 Å². The minimum Gasteiger partial charge on any atom is -0.490 e. The fourth-order valence-electron chi connectivity index (χ4n) is 3.51. The lowest BCUT2D eigenvalue weighted by Gasteiger charge is -2.31. The van der Waals surface area contributed by atoms with Crippen LogP contribution in [0.15, 0.2) is 18.3 Å². The number of aliphatic hydroxyl groups is 1. The van der Waals surface area contributed by atoms with Gasteiger partial charge in [-0.1, -0.05) is 20.8 Å². The summed E-state index contributed by atoms with van der Waals surface area (Å²) in [5.41, 5.74) is 4.44. The Hall–Kier alpha value is -1.66. The van der Waals surface area contributed by atoms with E-state index in [0.29, 0.717) is 17.9 Å². The number of ether oxygens (including phenoxy) is 1. The molecule has 1 saturated carbocycles. The lowest BCUT2D eigenvalue weighted by atomic mass is 9.84. The third-order valence-electron chi connectivity index (χ3n) is 5.21. The van der Waals surface area contributed by atoms with Crippen LogP contribution in [-0.4, -0.2) is 38.9 Å². The van der Waals surface area contributed by atoms with Crippen molar-refractivity contribution in [2.24, 2.45) is 17.6 Å². The molecule has 0 unspecified atom stereocenters. The van der Waals surface area contributed by atoms with Gasteiger partial charge in [0.1, 0.15) is 5.75 Å². The number of hydrogen-bond acceptors (Lipinski definition) is 5. The van der Waals surface area contributed by atoms with Crippen LogP contribution >= 0.6 is 0 Å². The molecule has 1 aromatic rings. The van der Waals surface area contributed by atoms with Crippen molar-refractivity contribution in [2.45, 2.75) is 77.0 Å². The summed E-state index contributed by atoms with van der Waals surface area (Å²) in [7, 11) is 0. The molecular formula is C20H32N2O4. The van der Waals surface area contributed by atoms with E-state index in [4.69, 9.17) is 10.5 Å². The molecule has 0 aliphatic heterocycles. The van der Waals surface area contributed by atoms with Crippen molar-refractivity contribution in [1.82, 2.24) is 4.98 Å². The summed E-state index contributed by atoms with van der Waals surface area (Å²) < 4.78 is 6.04. The molecule has 6 nitrogen and oxygen atoms in total. The number of nitrogens with zero attached hydrogens (tertiary/aromatic N) is 1. The number of nitrogens with two attached hydrogens (primary N) is 1. The largest absolute Gasteiger partial charge is 0.490 e. The van der Waals surface area contributed by atoms with Crippen LogP contribution in [-0.2, 0) is 11.2 Å². The molecule has 1 heterocycles. The Kier molecular flexibility index (Phi) is 7.01. The zero-order valence-electron chi connectivity index (χ0n) is 16.0. The van der Waals surface area contributed by atoms with E-state index in [0.717, 1.165) is 31.6 Å². The Balaban J connectivity index is 2.08.